The van der Waals surface area contributed by atoms with E-state index in [2.05, 4.69) is 5.32 Å². The Morgan fingerprint density at radius 1 is 1.29 bits per heavy atom. The number of aliphatic carboxylic acids is 1. The summed E-state index contributed by atoms with van der Waals surface area (Å²) in [6, 6.07) is 5.52. The van der Waals surface area contributed by atoms with Gasteiger partial charge in [0.15, 0.2) is 0 Å². The summed E-state index contributed by atoms with van der Waals surface area (Å²) in [5, 5.41) is 11.3. The number of amides is 1. The molecule has 0 spiro atoms. The molecular weight excluding hydrogens is 277 g/mol. The molecule has 0 heterocycles. The highest BCUT2D eigenvalue weighted by molar-refractivity contribution is 5.76. The zero-order valence-electron chi connectivity index (χ0n) is 12.0. The van der Waals surface area contributed by atoms with Gasteiger partial charge in [0.2, 0.25) is 5.91 Å². The van der Waals surface area contributed by atoms with E-state index in [1.165, 1.54) is 24.3 Å². The summed E-state index contributed by atoms with van der Waals surface area (Å²) in [4.78, 5) is 22.0. The maximum Gasteiger partial charge on any atom is 0.303 e. The van der Waals surface area contributed by atoms with Gasteiger partial charge < -0.3 is 15.2 Å². The lowest BCUT2D eigenvalue weighted by Crippen LogP contribution is -2.33. The second-order valence-corrected chi connectivity index (χ2v) is 4.81. The predicted molar refractivity (Wildman–Crippen MR) is 75.6 cm³/mol. The molecule has 21 heavy (non-hydrogen) atoms. The van der Waals surface area contributed by atoms with Crippen LogP contribution in [0.3, 0.4) is 0 Å². The van der Waals surface area contributed by atoms with Gasteiger partial charge in [0.25, 0.3) is 0 Å². The van der Waals surface area contributed by atoms with E-state index in [1.54, 1.807) is 0 Å². The van der Waals surface area contributed by atoms with Gasteiger partial charge in [-0.15, -0.1) is 0 Å². The van der Waals surface area contributed by atoms with Crippen LogP contribution in [0.1, 0.15) is 32.6 Å². The van der Waals surface area contributed by atoms with Gasteiger partial charge in [-0.1, -0.05) is 0 Å². The van der Waals surface area contributed by atoms with E-state index in [0.29, 0.717) is 18.6 Å². The molecule has 0 bridgehead atoms. The summed E-state index contributed by atoms with van der Waals surface area (Å²) in [5.74, 6) is -0.810. The molecule has 1 unspecified atom stereocenters. The SMILES string of the molecule is CC(CCCC(=O)O)NC(=O)CCOc1ccc(F)cc1. The first-order valence-electron chi connectivity index (χ1n) is 6.87. The van der Waals surface area contributed by atoms with Crippen molar-refractivity contribution in [2.45, 2.75) is 38.6 Å². The lowest BCUT2D eigenvalue weighted by molar-refractivity contribution is -0.137. The minimum atomic E-state index is -0.832. The molecule has 0 fully saturated rings. The maximum atomic E-state index is 12.7. The average Bonchev–Trinajstić information content (AvgIpc) is 2.40. The number of hydrogen-bond donors (Lipinski definition) is 2. The van der Waals surface area contributed by atoms with Crippen LogP contribution in [0.25, 0.3) is 0 Å². The molecule has 6 heteroatoms. The van der Waals surface area contributed by atoms with Crippen molar-refractivity contribution in [3.8, 4) is 5.75 Å². The number of hydrogen-bond acceptors (Lipinski definition) is 3. The molecule has 0 saturated carbocycles. The highest BCUT2D eigenvalue weighted by Crippen LogP contribution is 2.11. The number of carboxylic acids is 1. The molecule has 1 amide bonds. The van der Waals surface area contributed by atoms with E-state index in [4.69, 9.17) is 9.84 Å². The molecular formula is C15H20FNO4. The second kappa shape index (κ2) is 8.94. The smallest absolute Gasteiger partial charge is 0.303 e. The van der Waals surface area contributed by atoms with E-state index < -0.39 is 5.97 Å². The summed E-state index contributed by atoms with van der Waals surface area (Å²) in [6.45, 7) is 2.04. The van der Waals surface area contributed by atoms with Gasteiger partial charge in [-0.05, 0) is 44.0 Å². The Bertz CT molecular complexity index is 461. The Balaban J connectivity index is 2.15. The Kier molecular flexibility index (Phi) is 7.21. The van der Waals surface area contributed by atoms with E-state index in [-0.39, 0.29) is 37.2 Å². The Labute approximate surface area is 123 Å². The molecule has 1 atom stereocenters. The Hall–Kier alpha value is -2.11. The largest absolute Gasteiger partial charge is 0.493 e. The molecule has 0 aliphatic rings. The fourth-order valence-electron chi connectivity index (χ4n) is 1.77. The minimum absolute atomic E-state index is 0.0670. The van der Waals surface area contributed by atoms with Gasteiger partial charge >= 0.3 is 5.97 Å². The van der Waals surface area contributed by atoms with Gasteiger partial charge in [0, 0.05) is 12.5 Å². The van der Waals surface area contributed by atoms with E-state index in [9.17, 15) is 14.0 Å². The van der Waals surface area contributed by atoms with Crippen molar-refractivity contribution < 1.29 is 23.8 Å². The topological polar surface area (TPSA) is 75.6 Å². The molecule has 1 aromatic carbocycles. The summed E-state index contributed by atoms with van der Waals surface area (Å²) < 4.78 is 18.0. The fraction of sp³-hybridized carbons (Fsp3) is 0.467. The first kappa shape index (κ1) is 16.9. The van der Waals surface area contributed by atoms with E-state index >= 15 is 0 Å². The molecule has 5 nitrogen and oxygen atoms in total. The third-order valence-corrected chi connectivity index (χ3v) is 2.85. The number of benzene rings is 1. The highest BCUT2D eigenvalue weighted by atomic mass is 19.1. The third kappa shape index (κ3) is 7.91. The van der Waals surface area contributed by atoms with Crippen LogP contribution in [0.2, 0.25) is 0 Å². The molecule has 1 aromatic rings. The van der Waals surface area contributed by atoms with Crippen LogP contribution in [0.5, 0.6) is 5.75 Å². The average molecular weight is 297 g/mol. The van der Waals surface area contributed by atoms with Gasteiger partial charge in [-0.3, -0.25) is 9.59 Å². The number of ether oxygens (including phenoxy) is 1. The van der Waals surface area contributed by atoms with Crippen LogP contribution < -0.4 is 10.1 Å². The van der Waals surface area contributed by atoms with Crippen molar-refractivity contribution in [2.24, 2.45) is 0 Å². The fourth-order valence-corrected chi connectivity index (χ4v) is 1.77. The summed E-state index contributed by atoms with van der Waals surface area (Å²) >= 11 is 0. The number of rotatable bonds is 9. The van der Waals surface area contributed by atoms with Crippen LogP contribution in [0, 0.1) is 5.82 Å². The zero-order chi connectivity index (χ0) is 15.7. The number of nitrogens with one attached hydrogen (secondary N) is 1. The van der Waals surface area contributed by atoms with Gasteiger partial charge in [-0.2, -0.15) is 0 Å². The quantitative estimate of drug-likeness (QED) is 0.733. The van der Waals surface area contributed by atoms with Gasteiger partial charge in [0.05, 0.1) is 13.0 Å². The van der Waals surface area contributed by atoms with Gasteiger partial charge in [-0.25, -0.2) is 4.39 Å². The third-order valence-electron chi connectivity index (χ3n) is 2.85. The maximum absolute atomic E-state index is 12.7. The standard InChI is InChI=1S/C15H20FNO4/c1-11(3-2-4-15(19)20)17-14(18)9-10-21-13-7-5-12(16)6-8-13/h5-8,11H,2-4,9-10H2,1H3,(H,17,18)(H,19,20). The summed E-state index contributed by atoms with van der Waals surface area (Å²) in [6.07, 6.45) is 1.45. The lowest BCUT2D eigenvalue weighted by atomic mass is 10.1. The highest BCUT2D eigenvalue weighted by Gasteiger charge is 2.08. The Morgan fingerprint density at radius 2 is 1.95 bits per heavy atom. The number of halogens is 1. The van der Waals surface area contributed by atoms with Crippen molar-refractivity contribution in [3.63, 3.8) is 0 Å². The first-order valence-corrected chi connectivity index (χ1v) is 6.87. The molecule has 2 N–H and O–H groups in total. The molecule has 0 aliphatic heterocycles. The Morgan fingerprint density at radius 3 is 2.57 bits per heavy atom. The van der Waals surface area contributed by atoms with E-state index in [0.717, 1.165) is 0 Å². The van der Waals surface area contributed by atoms with Crippen LogP contribution in [0.4, 0.5) is 4.39 Å². The van der Waals surface area contributed by atoms with Crippen LogP contribution in [0.15, 0.2) is 24.3 Å². The first-order chi connectivity index (χ1) is 9.97. The lowest BCUT2D eigenvalue weighted by Gasteiger charge is -2.13. The predicted octanol–water partition coefficient (Wildman–Crippen LogP) is 2.35. The normalized spacial score (nSPS) is 11.7. The van der Waals surface area contributed by atoms with Crippen molar-refractivity contribution in [2.75, 3.05) is 6.61 Å². The zero-order valence-corrected chi connectivity index (χ0v) is 12.0. The van der Waals surface area contributed by atoms with Crippen LogP contribution in [-0.4, -0.2) is 29.6 Å². The molecule has 0 radical (unpaired) electrons. The summed E-state index contributed by atoms with van der Waals surface area (Å²) in [5.41, 5.74) is 0. The number of carboxylic acid groups (broad SMARTS) is 1. The van der Waals surface area contributed by atoms with Crippen molar-refractivity contribution in [3.05, 3.63) is 30.1 Å². The van der Waals surface area contributed by atoms with Crippen LogP contribution >= 0.6 is 0 Å². The number of carbonyl (C=O) groups is 2. The van der Waals surface area contributed by atoms with Gasteiger partial charge in [0.1, 0.15) is 11.6 Å². The summed E-state index contributed by atoms with van der Waals surface area (Å²) in [7, 11) is 0. The molecule has 1 rings (SSSR count). The van der Waals surface area contributed by atoms with Crippen molar-refractivity contribution in [1.29, 1.82) is 0 Å². The second-order valence-electron chi connectivity index (χ2n) is 4.81. The number of carbonyl (C=O) groups excluding carboxylic acids is 1. The minimum Gasteiger partial charge on any atom is -0.493 e. The van der Waals surface area contributed by atoms with Crippen molar-refractivity contribution in [1.82, 2.24) is 5.32 Å². The van der Waals surface area contributed by atoms with Crippen molar-refractivity contribution >= 4 is 11.9 Å². The molecule has 0 aromatic heterocycles. The molecule has 0 aliphatic carbocycles. The molecule has 0 saturated heterocycles. The monoisotopic (exact) mass is 297 g/mol. The van der Waals surface area contributed by atoms with E-state index in [1.807, 2.05) is 6.92 Å². The molecule has 116 valence electrons. The van der Waals surface area contributed by atoms with Crippen LogP contribution in [-0.2, 0) is 9.59 Å².